The largest absolute Gasteiger partial charge is 0.480 e. The average molecular weight is 526 g/mol. The van der Waals surface area contributed by atoms with Crippen LogP contribution in [0.4, 0.5) is 14.3 Å². The molecular formula is C24H32FN3O3S3. The Kier molecular flexibility index (Phi) is 9.67. The molecule has 0 atom stereocenters. The third-order valence-electron chi connectivity index (χ3n) is 5.86. The van der Waals surface area contributed by atoms with Crippen molar-refractivity contribution >= 4 is 52.0 Å². The van der Waals surface area contributed by atoms with Gasteiger partial charge in [-0.2, -0.15) is 0 Å². The quantitative estimate of drug-likeness (QED) is 0.261. The lowest BCUT2D eigenvalue weighted by molar-refractivity contribution is -0.138. The summed E-state index contributed by atoms with van der Waals surface area (Å²) < 4.78 is 13.2. The summed E-state index contributed by atoms with van der Waals surface area (Å²) in [5, 5.41) is 12.7. The van der Waals surface area contributed by atoms with Gasteiger partial charge < -0.3 is 10.0 Å². The molecule has 2 N–H and O–H groups in total. The summed E-state index contributed by atoms with van der Waals surface area (Å²) in [6.07, 6.45) is 6.59. The van der Waals surface area contributed by atoms with Crippen LogP contribution >= 0.6 is 34.9 Å². The summed E-state index contributed by atoms with van der Waals surface area (Å²) in [7, 11) is 0. The number of benzene rings is 1. The summed E-state index contributed by atoms with van der Waals surface area (Å²) in [5.41, 5.74) is 0. The smallest absolute Gasteiger partial charge is 0.323 e. The Hall–Kier alpha value is -1.78. The lowest BCUT2D eigenvalue weighted by Gasteiger charge is -2.36. The number of carbonyl (C=O) groups is 2. The van der Waals surface area contributed by atoms with Crippen LogP contribution in [0, 0.1) is 11.7 Å². The topological polar surface area (TPSA) is 82.5 Å². The number of hydrogen-bond acceptors (Lipinski definition) is 6. The molecule has 0 radical (unpaired) electrons. The zero-order valence-corrected chi connectivity index (χ0v) is 22.2. The van der Waals surface area contributed by atoms with Gasteiger partial charge in [-0.05, 0) is 75.8 Å². The molecule has 1 aromatic heterocycles. The van der Waals surface area contributed by atoms with Crippen molar-refractivity contribution in [2.45, 2.75) is 72.8 Å². The fourth-order valence-electron chi connectivity index (χ4n) is 3.81. The molecule has 10 heteroatoms. The standard InChI is InChI=1S/C24H32FN3O3S3/c1-16-8-10-18(11-9-16)28(12-5-13-32-19-7-4-6-17(25)14-19)23(31)27-22-26-15-20(33-22)34-24(2,3)21(29)30/h4,6-7,14-16,18H,5,8-13H2,1-3H3,(H,29,30)(H,26,27,31)/t16-,18-. The first kappa shape index (κ1) is 26.8. The number of nitrogens with zero attached hydrogens (tertiary/aromatic N) is 2. The summed E-state index contributed by atoms with van der Waals surface area (Å²) in [6, 6.07) is 6.59. The highest BCUT2D eigenvalue weighted by Crippen LogP contribution is 2.37. The van der Waals surface area contributed by atoms with E-state index in [1.165, 1.54) is 35.2 Å². The first-order valence-corrected chi connectivity index (χ1v) is 14.1. The second kappa shape index (κ2) is 12.3. The number of thiazole rings is 1. The van der Waals surface area contributed by atoms with Gasteiger partial charge in [-0.15, -0.1) is 11.8 Å². The highest BCUT2D eigenvalue weighted by molar-refractivity contribution is 8.03. The lowest BCUT2D eigenvalue weighted by atomic mass is 9.86. The Morgan fingerprint density at radius 1 is 1.29 bits per heavy atom. The van der Waals surface area contributed by atoms with Gasteiger partial charge in [0.15, 0.2) is 5.13 Å². The number of hydrogen-bond donors (Lipinski definition) is 2. The van der Waals surface area contributed by atoms with E-state index in [9.17, 15) is 19.1 Å². The third-order valence-corrected chi connectivity index (χ3v) is 9.14. The molecule has 1 aliphatic rings. The van der Waals surface area contributed by atoms with Crippen molar-refractivity contribution in [3.05, 3.63) is 36.3 Å². The van der Waals surface area contributed by atoms with E-state index in [-0.39, 0.29) is 17.9 Å². The Morgan fingerprint density at radius 3 is 2.71 bits per heavy atom. The number of anilines is 1. The van der Waals surface area contributed by atoms with E-state index in [4.69, 9.17) is 0 Å². The van der Waals surface area contributed by atoms with Crippen molar-refractivity contribution in [2.75, 3.05) is 17.6 Å². The fourth-order valence-corrected chi connectivity index (χ4v) is 6.95. The van der Waals surface area contributed by atoms with Gasteiger partial charge in [-0.1, -0.05) is 36.1 Å². The molecule has 1 aliphatic carbocycles. The van der Waals surface area contributed by atoms with Crippen LogP contribution in [-0.4, -0.2) is 50.1 Å². The van der Waals surface area contributed by atoms with Crippen molar-refractivity contribution in [3.63, 3.8) is 0 Å². The molecule has 6 nitrogen and oxygen atoms in total. The van der Waals surface area contributed by atoms with Gasteiger partial charge in [0.2, 0.25) is 0 Å². The Morgan fingerprint density at radius 2 is 2.03 bits per heavy atom. The van der Waals surface area contributed by atoms with Gasteiger partial charge in [0, 0.05) is 17.5 Å². The maximum Gasteiger partial charge on any atom is 0.323 e. The second-order valence-electron chi connectivity index (χ2n) is 9.10. The van der Waals surface area contributed by atoms with Crippen molar-refractivity contribution in [2.24, 2.45) is 5.92 Å². The van der Waals surface area contributed by atoms with Crippen LogP contribution in [0.1, 0.15) is 52.9 Å². The highest BCUT2D eigenvalue weighted by Gasteiger charge is 2.30. The van der Waals surface area contributed by atoms with Gasteiger partial charge in [-0.3, -0.25) is 10.1 Å². The van der Waals surface area contributed by atoms with Crippen LogP contribution < -0.4 is 5.32 Å². The summed E-state index contributed by atoms with van der Waals surface area (Å²) in [5.74, 6) is 0.333. The maximum atomic E-state index is 13.4. The van der Waals surface area contributed by atoms with Gasteiger partial charge in [0.1, 0.15) is 10.6 Å². The van der Waals surface area contributed by atoms with Crippen LogP contribution in [0.3, 0.4) is 0 Å². The summed E-state index contributed by atoms with van der Waals surface area (Å²) in [6.45, 7) is 6.16. The van der Waals surface area contributed by atoms with E-state index in [2.05, 4.69) is 17.2 Å². The molecule has 2 aromatic rings. The van der Waals surface area contributed by atoms with Gasteiger partial charge in [0.05, 0.1) is 10.4 Å². The SMILES string of the molecule is CC(C)(Sc1cnc(NC(=O)N(CCCSc2cccc(F)c2)[C@H]2CC[C@H](C)CC2)s1)C(=O)O. The number of rotatable bonds is 10. The minimum atomic E-state index is -0.974. The predicted molar refractivity (Wildman–Crippen MR) is 139 cm³/mol. The number of nitrogens with one attached hydrogen (secondary N) is 1. The number of thioether (sulfide) groups is 2. The number of halogens is 1. The number of carboxylic acids is 1. The average Bonchev–Trinajstić information content (AvgIpc) is 3.20. The van der Waals surface area contributed by atoms with Crippen molar-refractivity contribution in [1.82, 2.24) is 9.88 Å². The fraction of sp³-hybridized carbons (Fsp3) is 0.542. The van der Waals surface area contributed by atoms with E-state index in [0.29, 0.717) is 17.6 Å². The van der Waals surface area contributed by atoms with Gasteiger partial charge >= 0.3 is 12.0 Å². The lowest BCUT2D eigenvalue weighted by Crippen LogP contribution is -2.45. The number of carboxylic acid groups (broad SMARTS) is 1. The van der Waals surface area contributed by atoms with Crippen molar-refractivity contribution in [1.29, 1.82) is 0 Å². The predicted octanol–water partition coefficient (Wildman–Crippen LogP) is 6.83. The van der Waals surface area contributed by atoms with Crippen LogP contribution in [-0.2, 0) is 4.79 Å². The van der Waals surface area contributed by atoms with E-state index < -0.39 is 10.7 Å². The Bertz CT molecular complexity index is 977. The van der Waals surface area contributed by atoms with Gasteiger partial charge in [0.25, 0.3) is 0 Å². The molecule has 1 fully saturated rings. The number of amides is 2. The molecular weight excluding hydrogens is 493 g/mol. The number of aliphatic carboxylic acids is 1. The summed E-state index contributed by atoms with van der Waals surface area (Å²) in [4.78, 5) is 31.7. The molecule has 34 heavy (non-hydrogen) atoms. The highest BCUT2D eigenvalue weighted by atomic mass is 32.2. The number of carbonyl (C=O) groups excluding carboxylic acids is 1. The first-order chi connectivity index (χ1) is 16.1. The Labute approximate surface area is 213 Å². The van der Waals surface area contributed by atoms with E-state index >= 15 is 0 Å². The molecule has 3 rings (SSSR count). The maximum absolute atomic E-state index is 13.4. The molecule has 1 heterocycles. The van der Waals surface area contributed by atoms with E-state index in [0.717, 1.165) is 47.0 Å². The molecule has 186 valence electrons. The number of aromatic nitrogens is 1. The molecule has 1 saturated carbocycles. The van der Waals surface area contributed by atoms with Crippen LogP contribution in [0.25, 0.3) is 0 Å². The molecule has 0 unspecified atom stereocenters. The van der Waals surface area contributed by atoms with E-state index in [1.54, 1.807) is 37.9 Å². The van der Waals surface area contributed by atoms with Crippen molar-refractivity contribution < 1.29 is 19.1 Å². The normalized spacial score (nSPS) is 18.5. The molecule has 0 saturated heterocycles. The zero-order valence-electron chi connectivity index (χ0n) is 19.8. The number of urea groups is 1. The molecule has 2 amide bonds. The Balaban J connectivity index is 1.60. The van der Waals surface area contributed by atoms with E-state index in [1.807, 2.05) is 11.0 Å². The minimum absolute atomic E-state index is 0.168. The zero-order chi connectivity index (χ0) is 24.7. The van der Waals surface area contributed by atoms with Crippen LogP contribution in [0.5, 0.6) is 0 Å². The molecule has 0 bridgehead atoms. The summed E-state index contributed by atoms with van der Waals surface area (Å²) >= 11 is 4.09. The molecule has 0 spiro atoms. The molecule has 1 aromatic carbocycles. The third kappa shape index (κ3) is 7.88. The minimum Gasteiger partial charge on any atom is -0.480 e. The van der Waals surface area contributed by atoms with Crippen molar-refractivity contribution in [3.8, 4) is 0 Å². The van der Waals surface area contributed by atoms with Gasteiger partial charge in [-0.25, -0.2) is 14.2 Å². The first-order valence-electron chi connectivity index (χ1n) is 11.5. The molecule has 0 aliphatic heterocycles. The van der Waals surface area contributed by atoms with Crippen LogP contribution in [0.15, 0.2) is 39.6 Å². The van der Waals surface area contributed by atoms with Crippen LogP contribution in [0.2, 0.25) is 0 Å². The monoisotopic (exact) mass is 525 g/mol. The second-order valence-corrected chi connectivity index (χ2v) is 13.2.